The smallest absolute Gasteiger partial charge is 0.255 e. The van der Waals surface area contributed by atoms with Crippen LogP contribution in [0.4, 0.5) is 0 Å². The van der Waals surface area contributed by atoms with Gasteiger partial charge in [0.25, 0.3) is 5.91 Å². The Bertz CT molecular complexity index is 1210. The Balaban J connectivity index is 1.62. The zero-order valence-electron chi connectivity index (χ0n) is 17.8. The molecule has 4 aromatic rings. The van der Waals surface area contributed by atoms with Crippen molar-refractivity contribution in [1.29, 1.82) is 0 Å². The molecule has 0 bridgehead atoms. The van der Waals surface area contributed by atoms with Gasteiger partial charge in [0.05, 0.1) is 17.0 Å². The lowest BCUT2D eigenvalue weighted by atomic mass is 10.0. The van der Waals surface area contributed by atoms with Gasteiger partial charge in [-0.1, -0.05) is 54.1 Å². The van der Waals surface area contributed by atoms with Gasteiger partial charge < -0.3 is 5.32 Å². The third-order valence-electron chi connectivity index (χ3n) is 5.11. The van der Waals surface area contributed by atoms with Crippen LogP contribution in [0.25, 0.3) is 22.6 Å². The van der Waals surface area contributed by atoms with Crippen LogP contribution < -0.4 is 5.32 Å². The van der Waals surface area contributed by atoms with Gasteiger partial charge in [0, 0.05) is 35.1 Å². The molecule has 0 saturated carbocycles. The molecule has 2 heterocycles. The van der Waals surface area contributed by atoms with Crippen molar-refractivity contribution in [3.8, 4) is 22.6 Å². The number of nitrogens with one attached hydrogen (secondary N) is 1. The van der Waals surface area contributed by atoms with Gasteiger partial charge in [0.15, 0.2) is 5.82 Å². The van der Waals surface area contributed by atoms with Crippen molar-refractivity contribution < 1.29 is 4.79 Å². The van der Waals surface area contributed by atoms with Crippen molar-refractivity contribution in [3.63, 3.8) is 0 Å². The second-order valence-corrected chi connectivity index (χ2v) is 7.89. The van der Waals surface area contributed by atoms with E-state index in [1.807, 2.05) is 55.5 Å². The van der Waals surface area contributed by atoms with Crippen LogP contribution in [-0.2, 0) is 6.42 Å². The number of aryl methyl sites for hydroxylation is 2. The van der Waals surface area contributed by atoms with Crippen LogP contribution in [-0.4, -0.2) is 27.4 Å². The fraction of sp³-hybridized carbons (Fsp3) is 0.154. The molecule has 0 spiro atoms. The highest BCUT2D eigenvalue weighted by molar-refractivity contribution is 6.30. The molecule has 5 nitrogen and oxygen atoms in total. The zero-order valence-corrected chi connectivity index (χ0v) is 18.5. The second-order valence-electron chi connectivity index (χ2n) is 7.45. The van der Waals surface area contributed by atoms with E-state index in [0.717, 1.165) is 24.0 Å². The number of carbonyl (C=O) groups is 1. The van der Waals surface area contributed by atoms with Gasteiger partial charge in [0.2, 0.25) is 0 Å². The van der Waals surface area contributed by atoms with Crippen LogP contribution in [0.3, 0.4) is 0 Å². The fourth-order valence-electron chi connectivity index (χ4n) is 3.54. The third-order valence-corrected chi connectivity index (χ3v) is 5.34. The Labute approximate surface area is 192 Å². The van der Waals surface area contributed by atoms with Gasteiger partial charge in [-0.15, -0.1) is 0 Å². The number of rotatable bonds is 7. The van der Waals surface area contributed by atoms with Gasteiger partial charge >= 0.3 is 0 Å². The summed E-state index contributed by atoms with van der Waals surface area (Å²) in [5, 5.41) is 3.61. The normalized spacial score (nSPS) is 10.7. The third kappa shape index (κ3) is 5.18. The lowest BCUT2D eigenvalue weighted by Gasteiger charge is -2.14. The van der Waals surface area contributed by atoms with Gasteiger partial charge in [-0.3, -0.25) is 9.78 Å². The molecule has 0 aliphatic carbocycles. The monoisotopic (exact) mass is 442 g/mol. The number of hydrogen-bond acceptors (Lipinski definition) is 4. The molecule has 0 saturated heterocycles. The maximum absolute atomic E-state index is 13.2. The number of halogens is 1. The first-order chi connectivity index (χ1) is 15.6. The van der Waals surface area contributed by atoms with Gasteiger partial charge in [0.1, 0.15) is 0 Å². The SMILES string of the molecule is Cc1nc(-c2cccnc2)nc(-c2cccc(Cl)c2)c1C(=O)NCCCc1ccccc1. The zero-order chi connectivity index (χ0) is 22.3. The van der Waals surface area contributed by atoms with Crippen LogP contribution in [0.2, 0.25) is 5.02 Å². The summed E-state index contributed by atoms with van der Waals surface area (Å²) in [6.45, 7) is 2.39. The van der Waals surface area contributed by atoms with E-state index in [1.165, 1.54) is 5.56 Å². The van der Waals surface area contributed by atoms with Crippen molar-refractivity contribution in [2.75, 3.05) is 6.54 Å². The van der Waals surface area contributed by atoms with E-state index in [2.05, 4.69) is 27.4 Å². The van der Waals surface area contributed by atoms with E-state index in [4.69, 9.17) is 16.6 Å². The molecular weight excluding hydrogens is 420 g/mol. The lowest BCUT2D eigenvalue weighted by molar-refractivity contribution is 0.0952. The Morgan fingerprint density at radius 3 is 2.53 bits per heavy atom. The molecular formula is C26H23ClN4O. The lowest BCUT2D eigenvalue weighted by Crippen LogP contribution is -2.27. The summed E-state index contributed by atoms with van der Waals surface area (Å²) in [5.74, 6) is 0.328. The Morgan fingerprint density at radius 1 is 0.969 bits per heavy atom. The van der Waals surface area contributed by atoms with E-state index in [9.17, 15) is 4.79 Å². The van der Waals surface area contributed by atoms with Crippen molar-refractivity contribution in [2.24, 2.45) is 0 Å². The summed E-state index contributed by atoms with van der Waals surface area (Å²) < 4.78 is 0. The molecule has 4 rings (SSSR count). The molecule has 2 aromatic carbocycles. The standard InChI is InChI=1S/C26H23ClN4O/c1-18-23(26(32)29-15-6-10-19-8-3-2-4-9-19)24(20-11-5-13-22(27)16-20)31-25(30-18)21-12-7-14-28-17-21/h2-5,7-9,11-14,16-17H,6,10,15H2,1H3,(H,29,32). The molecule has 0 fully saturated rings. The van der Waals surface area contributed by atoms with Gasteiger partial charge in [-0.25, -0.2) is 9.97 Å². The average Bonchev–Trinajstić information content (AvgIpc) is 2.82. The largest absolute Gasteiger partial charge is 0.352 e. The summed E-state index contributed by atoms with van der Waals surface area (Å²) >= 11 is 6.23. The predicted molar refractivity (Wildman–Crippen MR) is 128 cm³/mol. The first kappa shape index (κ1) is 21.7. The topological polar surface area (TPSA) is 67.8 Å². The molecule has 160 valence electrons. The van der Waals surface area contributed by atoms with E-state index < -0.39 is 0 Å². The van der Waals surface area contributed by atoms with Crippen molar-refractivity contribution in [2.45, 2.75) is 19.8 Å². The quantitative estimate of drug-likeness (QED) is 0.382. The highest BCUT2D eigenvalue weighted by Crippen LogP contribution is 2.28. The number of carbonyl (C=O) groups excluding carboxylic acids is 1. The minimum absolute atomic E-state index is 0.191. The average molecular weight is 443 g/mol. The van der Waals surface area contributed by atoms with Crippen molar-refractivity contribution in [1.82, 2.24) is 20.3 Å². The number of benzene rings is 2. The number of amides is 1. The number of pyridine rings is 1. The Morgan fingerprint density at radius 2 is 1.78 bits per heavy atom. The maximum Gasteiger partial charge on any atom is 0.255 e. The van der Waals surface area contributed by atoms with Crippen LogP contribution in [0.15, 0.2) is 79.1 Å². The summed E-state index contributed by atoms with van der Waals surface area (Å²) in [6, 6.07) is 21.3. The molecule has 0 radical (unpaired) electrons. The molecule has 1 amide bonds. The van der Waals surface area contributed by atoms with E-state index in [1.54, 1.807) is 18.5 Å². The van der Waals surface area contributed by atoms with Crippen LogP contribution in [0.1, 0.15) is 28.0 Å². The highest BCUT2D eigenvalue weighted by atomic mass is 35.5. The predicted octanol–water partition coefficient (Wildman–Crippen LogP) is 5.53. The Kier molecular flexibility index (Phi) is 6.87. The van der Waals surface area contributed by atoms with E-state index in [-0.39, 0.29) is 5.91 Å². The number of hydrogen-bond donors (Lipinski definition) is 1. The molecule has 6 heteroatoms. The molecule has 0 aliphatic rings. The summed E-state index contributed by atoms with van der Waals surface area (Å²) in [4.78, 5) is 26.7. The minimum atomic E-state index is -0.191. The van der Waals surface area contributed by atoms with Gasteiger partial charge in [-0.05, 0) is 49.6 Å². The van der Waals surface area contributed by atoms with Crippen LogP contribution in [0, 0.1) is 6.92 Å². The first-order valence-corrected chi connectivity index (χ1v) is 10.9. The van der Waals surface area contributed by atoms with Crippen molar-refractivity contribution >= 4 is 17.5 Å². The van der Waals surface area contributed by atoms with Crippen LogP contribution >= 0.6 is 11.6 Å². The molecule has 0 atom stereocenters. The maximum atomic E-state index is 13.2. The number of nitrogens with zero attached hydrogens (tertiary/aromatic N) is 3. The minimum Gasteiger partial charge on any atom is -0.352 e. The first-order valence-electron chi connectivity index (χ1n) is 10.5. The Hall–Kier alpha value is -3.57. The van der Waals surface area contributed by atoms with Crippen LogP contribution in [0.5, 0.6) is 0 Å². The van der Waals surface area contributed by atoms with Crippen molar-refractivity contribution in [3.05, 3.63) is 101 Å². The highest BCUT2D eigenvalue weighted by Gasteiger charge is 2.20. The van der Waals surface area contributed by atoms with E-state index >= 15 is 0 Å². The summed E-state index contributed by atoms with van der Waals surface area (Å²) in [5.41, 5.74) is 4.42. The molecule has 1 N–H and O–H groups in total. The molecule has 0 aliphatic heterocycles. The second kappa shape index (κ2) is 10.2. The molecule has 32 heavy (non-hydrogen) atoms. The summed E-state index contributed by atoms with van der Waals surface area (Å²) in [6.07, 6.45) is 5.15. The van der Waals surface area contributed by atoms with Gasteiger partial charge in [-0.2, -0.15) is 0 Å². The number of aromatic nitrogens is 3. The molecule has 0 unspecified atom stereocenters. The summed E-state index contributed by atoms with van der Waals surface area (Å²) in [7, 11) is 0. The molecule has 2 aromatic heterocycles. The fourth-order valence-corrected chi connectivity index (χ4v) is 3.73. The van der Waals surface area contributed by atoms with E-state index in [0.29, 0.717) is 34.3 Å².